The Balaban J connectivity index is 2.82. The second-order valence-corrected chi connectivity index (χ2v) is 13.8. The Morgan fingerprint density at radius 1 is 1.37 bits per heavy atom. The molecule has 0 unspecified atom stereocenters. The van der Waals surface area contributed by atoms with Crippen molar-refractivity contribution in [3.05, 3.63) is 24.3 Å². The summed E-state index contributed by atoms with van der Waals surface area (Å²) in [6.07, 6.45) is 6.12. The van der Waals surface area contributed by atoms with Crippen molar-refractivity contribution >= 4 is 20.1 Å². The van der Waals surface area contributed by atoms with Crippen LogP contribution < -0.4 is 5.73 Å². The molecule has 2 atom stereocenters. The summed E-state index contributed by atoms with van der Waals surface area (Å²) in [6.45, 7) is 15.5. The molecule has 0 aromatic rings. The Hall–Kier alpha value is -1.24. The highest BCUT2D eigenvalue weighted by molar-refractivity contribution is 6.74. The van der Waals surface area contributed by atoms with E-state index in [0.717, 1.165) is 12.8 Å². The molecule has 154 valence electrons. The predicted octanol–water partition coefficient (Wildman–Crippen LogP) is 4.14. The highest BCUT2D eigenvalue weighted by atomic mass is 28.4. The van der Waals surface area contributed by atoms with Crippen molar-refractivity contribution in [3.8, 4) is 0 Å². The molecule has 5 nitrogen and oxygen atoms in total. The topological polar surface area (TPSA) is 78.6 Å². The molecule has 0 heterocycles. The first kappa shape index (κ1) is 23.8. The van der Waals surface area contributed by atoms with E-state index < -0.39 is 19.8 Å². The molecule has 27 heavy (non-hydrogen) atoms. The van der Waals surface area contributed by atoms with E-state index in [4.69, 9.17) is 14.9 Å². The third kappa shape index (κ3) is 5.62. The van der Waals surface area contributed by atoms with Crippen molar-refractivity contribution in [2.24, 2.45) is 11.7 Å². The average Bonchev–Trinajstić information content (AvgIpc) is 2.56. The number of esters is 1. The smallest absolute Gasteiger partial charge is 0.310 e. The van der Waals surface area contributed by atoms with Gasteiger partial charge in [-0.05, 0) is 43.8 Å². The average molecular weight is 396 g/mol. The van der Waals surface area contributed by atoms with E-state index in [2.05, 4.69) is 40.4 Å². The lowest BCUT2D eigenvalue weighted by molar-refractivity contribution is -0.149. The van der Waals surface area contributed by atoms with E-state index in [9.17, 15) is 9.59 Å². The molecule has 1 fully saturated rings. The SMILES string of the molecule is C=C/C=C1\C(=O)CC[C@@H](C(=O)OC)[C@]1(N)CCCCO[Si](C)(C)C(C)(C)C. The fraction of sp³-hybridized carbons (Fsp3) is 0.714. The van der Waals surface area contributed by atoms with Gasteiger partial charge in [0.1, 0.15) is 0 Å². The maximum atomic E-state index is 12.4. The molecule has 0 aromatic heterocycles. The first-order valence-electron chi connectivity index (χ1n) is 9.78. The molecule has 1 aliphatic rings. The second-order valence-electron chi connectivity index (χ2n) is 8.96. The highest BCUT2D eigenvalue weighted by Crippen LogP contribution is 2.39. The monoisotopic (exact) mass is 395 g/mol. The molecule has 6 heteroatoms. The molecular formula is C21H37NO4Si. The molecule has 0 aliphatic heterocycles. The van der Waals surface area contributed by atoms with Gasteiger partial charge in [0.05, 0.1) is 18.6 Å². The lowest BCUT2D eigenvalue weighted by Gasteiger charge is -2.41. The van der Waals surface area contributed by atoms with Crippen LogP contribution in [0.15, 0.2) is 24.3 Å². The number of unbranched alkanes of at least 4 members (excludes halogenated alkanes) is 1. The fourth-order valence-corrected chi connectivity index (χ4v) is 4.41. The zero-order valence-electron chi connectivity index (χ0n) is 17.9. The van der Waals surface area contributed by atoms with Crippen molar-refractivity contribution in [3.63, 3.8) is 0 Å². The van der Waals surface area contributed by atoms with Crippen molar-refractivity contribution < 1.29 is 18.8 Å². The van der Waals surface area contributed by atoms with Gasteiger partial charge >= 0.3 is 5.97 Å². The van der Waals surface area contributed by atoms with Crippen LogP contribution in [0, 0.1) is 5.92 Å². The Bertz CT molecular complexity index is 591. The van der Waals surface area contributed by atoms with Gasteiger partial charge in [-0.1, -0.05) is 39.5 Å². The first-order chi connectivity index (χ1) is 12.4. The number of hydrogen-bond acceptors (Lipinski definition) is 5. The Kier molecular flexibility index (Phi) is 8.20. The molecule has 1 rings (SSSR count). The van der Waals surface area contributed by atoms with Crippen LogP contribution in [0.4, 0.5) is 0 Å². The lowest BCUT2D eigenvalue weighted by Crippen LogP contribution is -2.56. The minimum absolute atomic E-state index is 0.00456. The number of carbonyl (C=O) groups excluding carboxylic acids is 2. The van der Waals surface area contributed by atoms with Crippen LogP contribution in [0.1, 0.15) is 52.9 Å². The third-order valence-electron chi connectivity index (χ3n) is 6.11. The zero-order chi connectivity index (χ0) is 20.9. The molecule has 0 aromatic carbocycles. The van der Waals surface area contributed by atoms with Gasteiger partial charge < -0.3 is 14.9 Å². The molecule has 2 N–H and O–H groups in total. The number of nitrogens with two attached hydrogens (primary N) is 1. The molecule has 0 spiro atoms. The van der Waals surface area contributed by atoms with Crippen molar-refractivity contribution in [2.45, 2.75) is 76.5 Å². The van der Waals surface area contributed by atoms with Gasteiger partial charge in [0.15, 0.2) is 14.1 Å². The normalized spacial score (nSPS) is 25.5. The maximum absolute atomic E-state index is 12.4. The summed E-state index contributed by atoms with van der Waals surface area (Å²) < 4.78 is 11.2. The predicted molar refractivity (Wildman–Crippen MR) is 112 cm³/mol. The van der Waals surface area contributed by atoms with Crippen LogP contribution >= 0.6 is 0 Å². The summed E-state index contributed by atoms with van der Waals surface area (Å²) in [5.74, 6) is -0.861. The second kappa shape index (κ2) is 9.30. The number of ketones is 1. The van der Waals surface area contributed by atoms with Gasteiger partial charge in [0.25, 0.3) is 0 Å². The zero-order valence-corrected chi connectivity index (χ0v) is 18.9. The quantitative estimate of drug-likeness (QED) is 0.289. The summed E-state index contributed by atoms with van der Waals surface area (Å²) >= 11 is 0. The van der Waals surface area contributed by atoms with Crippen LogP contribution in [0.25, 0.3) is 0 Å². The van der Waals surface area contributed by atoms with E-state index in [0.29, 0.717) is 31.4 Å². The van der Waals surface area contributed by atoms with E-state index in [1.807, 2.05) is 0 Å². The van der Waals surface area contributed by atoms with Crippen LogP contribution in [0.2, 0.25) is 18.1 Å². The highest BCUT2D eigenvalue weighted by Gasteiger charge is 2.48. The van der Waals surface area contributed by atoms with E-state index >= 15 is 0 Å². The summed E-state index contributed by atoms with van der Waals surface area (Å²) in [7, 11) is -0.407. The van der Waals surface area contributed by atoms with Crippen molar-refractivity contribution in [1.82, 2.24) is 0 Å². The maximum Gasteiger partial charge on any atom is 0.310 e. The molecule has 0 bridgehead atoms. The largest absolute Gasteiger partial charge is 0.469 e. The molecule has 0 amide bonds. The fourth-order valence-electron chi connectivity index (χ4n) is 3.32. The van der Waals surface area contributed by atoms with Crippen molar-refractivity contribution in [1.29, 1.82) is 0 Å². The summed E-state index contributed by atoms with van der Waals surface area (Å²) in [5, 5.41) is 0.174. The first-order valence-corrected chi connectivity index (χ1v) is 12.7. The summed E-state index contributed by atoms with van der Waals surface area (Å²) in [4.78, 5) is 24.7. The minimum atomic E-state index is -1.77. The lowest BCUT2D eigenvalue weighted by atomic mass is 9.67. The Morgan fingerprint density at radius 2 is 2.00 bits per heavy atom. The van der Waals surface area contributed by atoms with Gasteiger partial charge in [-0.15, -0.1) is 0 Å². The number of methoxy groups -OCH3 is 1. The Labute approximate surface area is 165 Å². The molecule has 1 saturated carbocycles. The Morgan fingerprint density at radius 3 is 2.52 bits per heavy atom. The van der Waals surface area contributed by atoms with Gasteiger partial charge in [-0.3, -0.25) is 9.59 Å². The minimum Gasteiger partial charge on any atom is -0.469 e. The number of Topliss-reactive ketones (excluding diaryl/α,β-unsaturated/α-hetero) is 1. The van der Waals surface area contributed by atoms with Gasteiger partial charge in [-0.2, -0.15) is 0 Å². The number of allylic oxidation sites excluding steroid dienone is 2. The van der Waals surface area contributed by atoms with Crippen LogP contribution in [0.5, 0.6) is 0 Å². The molecule has 0 radical (unpaired) electrons. The molecule has 0 saturated heterocycles. The third-order valence-corrected chi connectivity index (χ3v) is 10.6. The molecule has 1 aliphatic carbocycles. The van der Waals surface area contributed by atoms with Crippen LogP contribution in [-0.2, 0) is 18.8 Å². The summed E-state index contributed by atoms with van der Waals surface area (Å²) in [6, 6.07) is 0. The number of ether oxygens (including phenoxy) is 1. The standard InChI is InChI=1S/C21H37NO4Si/c1-8-11-16-18(23)13-12-17(19(24)25-5)21(16,22)14-9-10-15-26-27(6,7)20(2,3)4/h8,11,17H,1,9-10,12-15,22H2,2-7H3/b16-11+/t17-,21-/m0/s1. The summed E-state index contributed by atoms with van der Waals surface area (Å²) in [5.41, 5.74) is 6.15. The van der Waals surface area contributed by atoms with E-state index in [1.54, 1.807) is 12.2 Å². The number of hydrogen-bond donors (Lipinski definition) is 1. The van der Waals surface area contributed by atoms with Gasteiger partial charge in [-0.25, -0.2) is 0 Å². The van der Waals surface area contributed by atoms with Gasteiger partial charge in [0, 0.05) is 18.6 Å². The molecular weight excluding hydrogens is 358 g/mol. The van der Waals surface area contributed by atoms with Gasteiger partial charge in [0.2, 0.25) is 0 Å². The van der Waals surface area contributed by atoms with Crippen LogP contribution in [0.3, 0.4) is 0 Å². The van der Waals surface area contributed by atoms with Crippen molar-refractivity contribution in [2.75, 3.05) is 13.7 Å². The van der Waals surface area contributed by atoms with Crippen LogP contribution in [-0.4, -0.2) is 39.3 Å². The number of rotatable bonds is 8. The number of carbonyl (C=O) groups is 2. The van der Waals surface area contributed by atoms with E-state index in [-0.39, 0.29) is 16.8 Å². The van der Waals surface area contributed by atoms with E-state index in [1.165, 1.54) is 7.11 Å².